The van der Waals surface area contributed by atoms with E-state index in [4.69, 9.17) is 15.7 Å². The van der Waals surface area contributed by atoms with Gasteiger partial charge in [-0.3, -0.25) is 0 Å². The minimum absolute atomic E-state index is 0.235. The largest absolute Gasteiger partial charge is 0.485 e. The number of rotatable bonds is 2. The van der Waals surface area contributed by atoms with E-state index in [-0.39, 0.29) is 6.10 Å². The van der Waals surface area contributed by atoms with Crippen LogP contribution in [0.25, 0.3) is 0 Å². The van der Waals surface area contributed by atoms with Crippen LogP contribution in [0.1, 0.15) is 18.4 Å². The summed E-state index contributed by atoms with van der Waals surface area (Å²) in [6, 6.07) is 3.63. The second kappa shape index (κ2) is 2.94. The Morgan fingerprint density at radius 1 is 1.62 bits per heavy atom. The normalized spacial score (nSPS) is 15.0. The maximum atomic E-state index is 8.76. The molecule has 0 aliphatic heterocycles. The van der Waals surface area contributed by atoms with Crippen LogP contribution in [0.3, 0.4) is 0 Å². The molecule has 4 nitrogen and oxygen atoms in total. The molecule has 0 saturated heterocycles. The number of aromatic nitrogens is 1. The summed E-state index contributed by atoms with van der Waals surface area (Å²) in [5, 5.41) is 8.76. The second-order valence-corrected chi connectivity index (χ2v) is 3.00. The van der Waals surface area contributed by atoms with E-state index in [1.807, 2.05) is 6.07 Å². The Morgan fingerprint density at radius 2 is 2.38 bits per heavy atom. The lowest BCUT2D eigenvalue weighted by atomic mass is 10.2. The fraction of sp³-hybridized carbons (Fsp3) is 0.333. The molecule has 0 atom stereocenters. The Kier molecular flexibility index (Phi) is 1.78. The SMILES string of the molecule is N#Cc1ccnc(N)c1OC1CC1. The predicted molar refractivity (Wildman–Crippen MR) is 47.0 cm³/mol. The van der Waals surface area contributed by atoms with E-state index in [0.717, 1.165) is 12.8 Å². The topological polar surface area (TPSA) is 71.9 Å². The minimum atomic E-state index is 0.235. The number of nitriles is 1. The maximum Gasteiger partial charge on any atom is 0.179 e. The van der Waals surface area contributed by atoms with Gasteiger partial charge in [0.1, 0.15) is 6.07 Å². The Labute approximate surface area is 76.0 Å². The highest BCUT2D eigenvalue weighted by Crippen LogP contribution is 2.31. The van der Waals surface area contributed by atoms with Gasteiger partial charge in [0, 0.05) is 6.20 Å². The number of hydrogen-bond acceptors (Lipinski definition) is 4. The fourth-order valence-electron chi connectivity index (χ4n) is 1.03. The minimum Gasteiger partial charge on any atom is -0.485 e. The summed E-state index contributed by atoms with van der Waals surface area (Å²) < 4.78 is 5.47. The van der Waals surface area contributed by atoms with Crippen molar-refractivity contribution in [2.75, 3.05) is 5.73 Å². The van der Waals surface area contributed by atoms with Crippen molar-refractivity contribution in [3.8, 4) is 11.8 Å². The molecule has 1 aliphatic carbocycles. The number of nitrogens with two attached hydrogens (primary N) is 1. The number of pyridine rings is 1. The lowest BCUT2D eigenvalue weighted by Gasteiger charge is -2.07. The van der Waals surface area contributed by atoms with Gasteiger partial charge in [0.2, 0.25) is 0 Å². The molecule has 1 aromatic rings. The van der Waals surface area contributed by atoms with Crippen LogP contribution < -0.4 is 10.5 Å². The fourth-order valence-corrected chi connectivity index (χ4v) is 1.03. The molecule has 1 saturated carbocycles. The van der Waals surface area contributed by atoms with Crippen molar-refractivity contribution >= 4 is 5.82 Å². The van der Waals surface area contributed by atoms with Crippen molar-refractivity contribution in [2.24, 2.45) is 0 Å². The predicted octanol–water partition coefficient (Wildman–Crippen LogP) is 1.08. The Morgan fingerprint density at radius 3 is 3.00 bits per heavy atom. The molecule has 4 heteroatoms. The summed E-state index contributed by atoms with van der Waals surface area (Å²) in [6.07, 6.45) is 3.82. The average Bonchev–Trinajstić information content (AvgIpc) is 2.92. The zero-order valence-electron chi connectivity index (χ0n) is 7.03. The van der Waals surface area contributed by atoms with Crippen molar-refractivity contribution in [2.45, 2.75) is 18.9 Å². The van der Waals surface area contributed by atoms with Gasteiger partial charge in [-0.2, -0.15) is 5.26 Å². The van der Waals surface area contributed by atoms with E-state index in [1.54, 1.807) is 6.07 Å². The number of anilines is 1. The lowest BCUT2D eigenvalue weighted by molar-refractivity contribution is 0.303. The highest BCUT2D eigenvalue weighted by atomic mass is 16.5. The first kappa shape index (κ1) is 7.87. The number of ether oxygens (including phenoxy) is 1. The molecule has 1 aromatic heterocycles. The third-order valence-corrected chi connectivity index (χ3v) is 1.86. The number of nitrogen functional groups attached to an aromatic ring is 1. The van der Waals surface area contributed by atoms with Crippen molar-refractivity contribution in [3.63, 3.8) is 0 Å². The van der Waals surface area contributed by atoms with Gasteiger partial charge < -0.3 is 10.5 Å². The van der Waals surface area contributed by atoms with E-state index in [1.165, 1.54) is 6.20 Å². The highest BCUT2D eigenvalue weighted by Gasteiger charge is 2.25. The van der Waals surface area contributed by atoms with Crippen molar-refractivity contribution < 1.29 is 4.74 Å². The molecule has 2 N–H and O–H groups in total. The first-order valence-electron chi connectivity index (χ1n) is 4.12. The number of nitrogens with zero attached hydrogens (tertiary/aromatic N) is 2. The molecule has 0 unspecified atom stereocenters. The van der Waals surface area contributed by atoms with Crippen LogP contribution in [0.4, 0.5) is 5.82 Å². The quantitative estimate of drug-likeness (QED) is 0.729. The second-order valence-electron chi connectivity index (χ2n) is 3.00. The van der Waals surface area contributed by atoms with E-state index >= 15 is 0 Å². The molecule has 1 heterocycles. The van der Waals surface area contributed by atoms with E-state index < -0.39 is 0 Å². The standard InChI is InChI=1S/C9H9N3O/c10-5-6-3-4-12-9(11)8(6)13-7-1-2-7/h3-4,7H,1-2H2,(H2,11,12). The van der Waals surface area contributed by atoms with Crippen molar-refractivity contribution in [1.82, 2.24) is 4.98 Å². The van der Waals surface area contributed by atoms with Crippen LogP contribution in [0.15, 0.2) is 12.3 Å². The van der Waals surface area contributed by atoms with Crippen LogP contribution in [0, 0.1) is 11.3 Å². The van der Waals surface area contributed by atoms with Crippen molar-refractivity contribution in [1.29, 1.82) is 5.26 Å². The monoisotopic (exact) mass is 175 g/mol. The molecule has 0 spiro atoms. The summed E-state index contributed by atoms with van der Waals surface area (Å²) in [4.78, 5) is 3.87. The molecule has 0 bridgehead atoms. The number of hydrogen-bond donors (Lipinski definition) is 1. The molecular formula is C9H9N3O. The van der Waals surface area contributed by atoms with Crippen LogP contribution in [0.5, 0.6) is 5.75 Å². The van der Waals surface area contributed by atoms with Gasteiger partial charge in [-0.05, 0) is 18.9 Å². The molecule has 13 heavy (non-hydrogen) atoms. The smallest absolute Gasteiger partial charge is 0.179 e. The maximum absolute atomic E-state index is 8.76. The van der Waals surface area contributed by atoms with Gasteiger partial charge in [0.25, 0.3) is 0 Å². The molecule has 0 aromatic carbocycles. The molecule has 66 valence electrons. The summed E-state index contributed by atoms with van der Waals surface area (Å²) in [7, 11) is 0. The summed E-state index contributed by atoms with van der Waals surface area (Å²) in [6.45, 7) is 0. The zero-order chi connectivity index (χ0) is 9.26. The molecule has 0 amide bonds. The third kappa shape index (κ3) is 1.54. The summed E-state index contributed by atoms with van der Waals surface area (Å²) in [5.74, 6) is 0.735. The van der Waals surface area contributed by atoms with Crippen molar-refractivity contribution in [3.05, 3.63) is 17.8 Å². The summed E-state index contributed by atoms with van der Waals surface area (Å²) in [5.41, 5.74) is 6.04. The first-order valence-corrected chi connectivity index (χ1v) is 4.12. The van der Waals surface area contributed by atoms with Crippen LogP contribution in [-0.2, 0) is 0 Å². The van der Waals surface area contributed by atoms with Gasteiger partial charge in [0.05, 0.1) is 11.7 Å². The molecular weight excluding hydrogens is 166 g/mol. The third-order valence-electron chi connectivity index (χ3n) is 1.86. The van der Waals surface area contributed by atoms with Gasteiger partial charge in [0.15, 0.2) is 11.6 Å². The molecule has 1 aliphatic rings. The summed E-state index contributed by atoms with van der Waals surface area (Å²) >= 11 is 0. The van der Waals surface area contributed by atoms with Crippen LogP contribution in [-0.4, -0.2) is 11.1 Å². The first-order chi connectivity index (χ1) is 6.31. The van der Waals surface area contributed by atoms with Gasteiger partial charge in [-0.1, -0.05) is 0 Å². The van der Waals surface area contributed by atoms with Crippen LogP contribution in [0.2, 0.25) is 0 Å². The molecule has 2 rings (SSSR count). The lowest BCUT2D eigenvalue weighted by Crippen LogP contribution is -2.03. The molecule has 0 radical (unpaired) electrons. The van der Waals surface area contributed by atoms with Gasteiger partial charge in [-0.25, -0.2) is 4.98 Å². The van der Waals surface area contributed by atoms with E-state index in [2.05, 4.69) is 4.98 Å². The zero-order valence-corrected chi connectivity index (χ0v) is 7.03. The highest BCUT2D eigenvalue weighted by molar-refractivity contribution is 5.55. The van der Waals surface area contributed by atoms with Gasteiger partial charge in [-0.15, -0.1) is 0 Å². The van der Waals surface area contributed by atoms with E-state index in [0.29, 0.717) is 17.1 Å². The van der Waals surface area contributed by atoms with E-state index in [9.17, 15) is 0 Å². The molecule has 1 fully saturated rings. The van der Waals surface area contributed by atoms with Crippen LogP contribution >= 0.6 is 0 Å². The Balaban J connectivity index is 2.34. The Hall–Kier alpha value is -1.76. The average molecular weight is 175 g/mol. The Bertz CT molecular complexity index is 366. The van der Waals surface area contributed by atoms with Gasteiger partial charge >= 0.3 is 0 Å².